The molecule has 2 saturated heterocycles. The lowest BCUT2D eigenvalue weighted by molar-refractivity contribution is -0.137. The first-order valence-corrected chi connectivity index (χ1v) is 9.39. The van der Waals surface area contributed by atoms with E-state index in [0.29, 0.717) is 11.9 Å². The van der Waals surface area contributed by atoms with E-state index in [1.165, 1.54) is 10.4 Å². The van der Waals surface area contributed by atoms with Crippen LogP contribution in [-0.2, 0) is 4.79 Å². The van der Waals surface area contributed by atoms with Crippen molar-refractivity contribution in [2.24, 2.45) is 0 Å². The van der Waals surface area contributed by atoms with Gasteiger partial charge in [0.2, 0.25) is 5.91 Å². The van der Waals surface area contributed by atoms with Crippen LogP contribution in [0.3, 0.4) is 0 Å². The van der Waals surface area contributed by atoms with E-state index in [0.717, 1.165) is 52.0 Å². The van der Waals surface area contributed by atoms with Gasteiger partial charge < -0.3 is 10.2 Å². The number of thiophene rings is 1. The molecule has 22 heavy (non-hydrogen) atoms. The second-order valence-electron chi connectivity index (χ2n) is 6.41. The summed E-state index contributed by atoms with van der Waals surface area (Å²) in [4.78, 5) is 19.0. The van der Waals surface area contributed by atoms with E-state index in [1.54, 1.807) is 11.3 Å². The van der Waals surface area contributed by atoms with Crippen LogP contribution in [0, 0.1) is 6.92 Å². The summed E-state index contributed by atoms with van der Waals surface area (Å²) >= 11 is 1.74. The molecule has 0 aliphatic carbocycles. The lowest BCUT2D eigenvalue weighted by Crippen LogP contribution is -2.55. The van der Waals surface area contributed by atoms with Crippen molar-refractivity contribution in [3.05, 3.63) is 21.9 Å². The summed E-state index contributed by atoms with van der Waals surface area (Å²) in [5.74, 6) is 0.323. The number of hydrogen-bond acceptors (Lipinski definition) is 4. The van der Waals surface area contributed by atoms with Gasteiger partial charge in [0.25, 0.3) is 0 Å². The molecule has 1 N–H and O–H groups in total. The van der Waals surface area contributed by atoms with Gasteiger partial charge in [-0.15, -0.1) is 11.3 Å². The minimum atomic E-state index is -0.0786. The topological polar surface area (TPSA) is 35.6 Å². The van der Waals surface area contributed by atoms with E-state index in [9.17, 15) is 4.79 Å². The van der Waals surface area contributed by atoms with Crippen LogP contribution in [0.4, 0.5) is 0 Å². The molecule has 0 bridgehead atoms. The van der Waals surface area contributed by atoms with Crippen LogP contribution >= 0.6 is 11.3 Å². The highest BCUT2D eigenvalue weighted by molar-refractivity contribution is 7.10. The van der Waals surface area contributed by atoms with Gasteiger partial charge in [0.05, 0.1) is 0 Å². The summed E-state index contributed by atoms with van der Waals surface area (Å²) < 4.78 is 0. The summed E-state index contributed by atoms with van der Waals surface area (Å²) in [5.41, 5.74) is 1.26. The molecule has 2 atom stereocenters. The number of piperazine rings is 1. The highest BCUT2D eigenvalue weighted by atomic mass is 32.1. The third-order valence-electron chi connectivity index (χ3n) is 5.00. The Morgan fingerprint density at radius 1 is 1.41 bits per heavy atom. The number of hydrogen-bond donors (Lipinski definition) is 1. The summed E-state index contributed by atoms with van der Waals surface area (Å²) in [6.07, 6.45) is 3.39. The maximum absolute atomic E-state index is 13.2. The molecule has 4 nitrogen and oxygen atoms in total. The molecule has 0 radical (unpaired) electrons. The molecule has 2 unspecified atom stereocenters. The number of nitrogens with zero attached hydrogens (tertiary/aromatic N) is 2. The average molecular weight is 321 g/mol. The largest absolute Gasteiger partial charge is 0.341 e. The van der Waals surface area contributed by atoms with Gasteiger partial charge in [-0.05, 0) is 43.2 Å². The van der Waals surface area contributed by atoms with Gasteiger partial charge in [-0.2, -0.15) is 0 Å². The van der Waals surface area contributed by atoms with Crippen molar-refractivity contribution in [1.82, 2.24) is 15.1 Å². The molecule has 0 spiro atoms. The Kier molecular flexibility index (Phi) is 5.16. The Morgan fingerprint density at radius 2 is 2.18 bits per heavy atom. The molecular formula is C17H27N3OS. The Bertz CT molecular complexity index is 510. The Labute approximate surface area is 137 Å². The number of rotatable bonds is 4. The molecular weight excluding hydrogens is 294 g/mol. The smallest absolute Gasteiger partial charge is 0.245 e. The molecule has 0 aromatic carbocycles. The Hall–Kier alpha value is -0.910. The second kappa shape index (κ2) is 7.11. The number of likely N-dealkylation sites (tertiary alicyclic amines) is 1. The molecule has 2 aliphatic heterocycles. The zero-order valence-electron chi connectivity index (χ0n) is 13.7. The van der Waals surface area contributed by atoms with Crippen LogP contribution in [0.2, 0.25) is 0 Å². The summed E-state index contributed by atoms with van der Waals surface area (Å²) in [5, 5.41) is 5.60. The standard InChI is InChI=1S/C17H27N3OS/c1-3-14-12-18-7-10-20(14)15(16-13(2)6-11-22-16)17(21)19-8-4-5-9-19/h6,11,14-15,18H,3-5,7-10,12H2,1-2H3. The predicted octanol–water partition coefficient (Wildman–Crippen LogP) is 2.40. The number of carbonyl (C=O) groups is 1. The van der Waals surface area contributed by atoms with Crippen molar-refractivity contribution in [1.29, 1.82) is 0 Å². The van der Waals surface area contributed by atoms with Crippen molar-refractivity contribution in [2.45, 2.75) is 45.2 Å². The van der Waals surface area contributed by atoms with Crippen molar-refractivity contribution in [3.8, 4) is 0 Å². The normalized spacial score (nSPS) is 24.6. The summed E-state index contributed by atoms with van der Waals surface area (Å²) in [6.45, 7) is 9.16. The minimum absolute atomic E-state index is 0.0786. The molecule has 3 rings (SSSR count). The molecule has 0 saturated carbocycles. The first-order chi connectivity index (χ1) is 10.7. The van der Waals surface area contributed by atoms with Crippen molar-refractivity contribution >= 4 is 17.2 Å². The molecule has 122 valence electrons. The van der Waals surface area contributed by atoms with Gasteiger partial charge in [0.15, 0.2) is 0 Å². The van der Waals surface area contributed by atoms with E-state index in [1.807, 2.05) is 0 Å². The van der Waals surface area contributed by atoms with Crippen molar-refractivity contribution in [3.63, 3.8) is 0 Å². The zero-order chi connectivity index (χ0) is 15.5. The van der Waals surface area contributed by atoms with Crippen LogP contribution in [0.1, 0.15) is 42.7 Å². The van der Waals surface area contributed by atoms with Crippen LogP contribution in [0.5, 0.6) is 0 Å². The lowest BCUT2D eigenvalue weighted by atomic mass is 10.0. The van der Waals surface area contributed by atoms with Crippen LogP contribution in [0.15, 0.2) is 11.4 Å². The first-order valence-electron chi connectivity index (χ1n) is 8.51. The zero-order valence-corrected chi connectivity index (χ0v) is 14.5. The number of carbonyl (C=O) groups excluding carboxylic acids is 1. The monoisotopic (exact) mass is 321 g/mol. The highest BCUT2D eigenvalue weighted by Gasteiger charge is 2.37. The predicted molar refractivity (Wildman–Crippen MR) is 91.3 cm³/mol. The van der Waals surface area contributed by atoms with Crippen LogP contribution in [0.25, 0.3) is 0 Å². The van der Waals surface area contributed by atoms with Gasteiger partial charge in [0, 0.05) is 43.6 Å². The van der Waals surface area contributed by atoms with E-state index < -0.39 is 0 Å². The number of amides is 1. The van der Waals surface area contributed by atoms with Gasteiger partial charge in [-0.3, -0.25) is 9.69 Å². The van der Waals surface area contributed by atoms with E-state index in [4.69, 9.17) is 0 Å². The van der Waals surface area contributed by atoms with Crippen molar-refractivity contribution in [2.75, 3.05) is 32.7 Å². The van der Waals surface area contributed by atoms with E-state index in [2.05, 4.69) is 40.4 Å². The maximum atomic E-state index is 13.2. The third-order valence-corrected chi connectivity index (χ3v) is 6.07. The Morgan fingerprint density at radius 3 is 2.82 bits per heavy atom. The molecule has 1 aromatic heterocycles. The molecule has 5 heteroatoms. The fraction of sp³-hybridized carbons (Fsp3) is 0.706. The SMILES string of the molecule is CCC1CNCCN1C(C(=O)N1CCCC1)c1sccc1C. The first kappa shape index (κ1) is 16.0. The lowest BCUT2D eigenvalue weighted by Gasteiger charge is -2.41. The fourth-order valence-electron chi connectivity index (χ4n) is 3.68. The highest BCUT2D eigenvalue weighted by Crippen LogP contribution is 2.33. The molecule has 1 aromatic rings. The number of aryl methyl sites for hydroxylation is 1. The van der Waals surface area contributed by atoms with E-state index in [-0.39, 0.29) is 6.04 Å². The molecule has 2 aliphatic rings. The molecule has 3 heterocycles. The number of nitrogens with one attached hydrogen (secondary N) is 1. The molecule has 1 amide bonds. The third kappa shape index (κ3) is 3.07. The second-order valence-corrected chi connectivity index (χ2v) is 7.35. The van der Waals surface area contributed by atoms with Gasteiger partial charge >= 0.3 is 0 Å². The summed E-state index contributed by atoms with van der Waals surface area (Å²) in [6, 6.07) is 2.52. The fourth-order valence-corrected chi connectivity index (χ4v) is 4.71. The summed E-state index contributed by atoms with van der Waals surface area (Å²) in [7, 11) is 0. The maximum Gasteiger partial charge on any atom is 0.245 e. The van der Waals surface area contributed by atoms with Gasteiger partial charge in [0.1, 0.15) is 6.04 Å². The average Bonchev–Trinajstić information content (AvgIpc) is 3.20. The minimum Gasteiger partial charge on any atom is -0.341 e. The Balaban J connectivity index is 1.91. The van der Waals surface area contributed by atoms with Gasteiger partial charge in [-0.25, -0.2) is 0 Å². The molecule has 2 fully saturated rings. The van der Waals surface area contributed by atoms with Crippen molar-refractivity contribution < 1.29 is 4.79 Å². The van der Waals surface area contributed by atoms with Crippen LogP contribution in [-0.4, -0.2) is 54.5 Å². The van der Waals surface area contributed by atoms with E-state index >= 15 is 0 Å². The van der Waals surface area contributed by atoms with Crippen LogP contribution < -0.4 is 5.32 Å². The van der Waals surface area contributed by atoms with Gasteiger partial charge in [-0.1, -0.05) is 6.92 Å². The quantitative estimate of drug-likeness (QED) is 0.925.